The first kappa shape index (κ1) is 20.2. The third-order valence-electron chi connectivity index (χ3n) is 5.55. The van der Waals surface area contributed by atoms with E-state index in [9.17, 15) is 9.18 Å². The van der Waals surface area contributed by atoms with Crippen LogP contribution >= 0.6 is 0 Å². The van der Waals surface area contributed by atoms with E-state index in [1.807, 2.05) is 11.8 Å². The molecule has 2 aromatic heterocycles. The predicted molar refractivity (Wildman–Crippen MR) is 112 cm³/mol. The van der Waals surface area contributed by atoms with Gasteiger partial charge in [-0.25, -0.2) is 19.0 Å². The maximum absolute atomic E-state index is 14.1. The van der Waals surface area contributed by atoms with Crippen LogP contribution in [0, 0.1) is 12.7 Å². The second-order valence-corrected chi connectivity index (χ2v) is 7.70. The Morgan fingerprint density at radius 3 is 2.53 bits per heavy atom. The quantitative estimate of drug-likeness (QED) is 0.664. The number of piperazine rings is 1. The monoisotopic (exact) mass is 408 g/mol. The van der Waals surface area contributed by atoms with E-state index in [-0.39, 0.29) is 11.7 Å². The van der Waals surface area contributed by atoms with Crippen LogP contribution in [-0.2, 0) is 0 Å². The second-order valence-electron chi connectivity index (χ2n) is 7.70. The lowest BCUT2D eigenvalue weighted by Crippen LogP contribution is -2.50. The minimum atomic E-state index is -0.351. The van der Waals surface area contributed by atoms with Crippen LogP contribution in [0.3, 0.4) is 0 Å². The molecular formula is C22H25FN6O. The first-order valence-electron chi connectivity index (χ1n) is 10.1. The van der Waals surface area contributed by atoms with E-state index in [2.05, 4.69) is 33.8 Å². The fourth-order valence-electron chi connectivity index (χ4n) is 3.70. The van der Waals surface area contributed by atoms with Gasteiger partial charge in [0.05, 0.1) is 23.1 Å². The highest BCUT2D eigenvalue weighted by Gasteiger charge is 2.26. The SMILES string of the molecule is Cc1c(C(=O)N2CCN(C(C)C)CC2)cnn1-c1nccc(-c2ccccc2F)n1. The molecule has 0 radical (unpaired) electrons. The topological polar surface area (TPSA) is 67.2 Å². The Morgan fingerprint density at radius 2 is 1.83 bits per heavy atom. The second kappa shape index (κ2) is 8.31. The van der Waals surface area contributed by atoms with Crippen molar-refractivity contribution in [2.24, 2.45) is 0 Å². The summed E-state index contributed by atoms with van der Waals surface area (Å²) in [5.74, 6) is -0.0833. The van der Waals surface area contributed by atoms with Crippen LogP contribution in [0.25, 0.3) is 17.2 Å². The largest absolute Gasteiger partial charge is 0.336 e. The summed E-state index contributed by atoms with van der Waals surface area (Å²) < 4.78 is 15.7. The molecule has 0 unspecified atom stereocenters. The number of hydrogen-bond acceptors (Lipinski definition) is 5. The van der Waals surface area contributed by atoms with E-state index in [0.29, 0.717) is 47.6 Å². The van der Waals surface area contributed by atoms with Gasteiger partial charge >= 0.3 is 0 Å². The summed E-state index contributed by atoms with van der Waals surface area (Å²) in [7, 11) is 0. The van der Waals surface area contributed by atoms with Crippen molar-refractivity contribution in [2.45, 2.75) is 26.8 Å². The molecule has 30 heavy (non-hydrogen) atoms. The number of halogens is 1. The smallest absolute Gasteiger partial charge is 0.257 e. The normalized spacial score (nSPS) is 15.0. The standard InChI is InChI=1S/C22H25FN6O/c1-15(2)27-10-12-28(13-11-27)21(30)18-14-25-29(16(18)3)22-24-9-8-20(26-22)17-6-4-5-7-19(17)23/h4-9,14-15H,10-13H2,1-3H3. The van der Waals surface area contributed by atoms with Crippen LogP contribution in [-0.4, -0.2) is 67.7 Å². The lowest BCUT2D eigenvalue weighted by Gasteiger charge is -2.36. The Bertz CT molecular complexity index is 1060. The molecule has 3 aromatic rings. The number of benzene rings is 1. The Kier molecular flexibility index (Phi) is 5.59. The van der Waals surface area contributed by atoms with E-state index >= 15 is 0 Å². The maximum atomic E-state index is 14.1. The summed E-state index contributed by atoms with van der Waals surface area (Å²) in [6, 6.07) is 8.59. The number of carbonyl (C=O) groups excluding carboxylic acids is 1. The van der Waals surface area contributed by atoms with Gasteiger partial charge in [0.2, 0.25) is 0 Å². The summed E-state index contributed by atoms with van der Waals surface area (Å²) in [6.07, 6.45) is 3.13. The summed E-state index contributed by atoms with van der Waals surface area (Å²) in [5.41, 5.74) is 2.06. The molecule has 4 rings (SSSR count). The van der Waals surface area contributed by atoms with Crippen LogP contribution in [0.5, 0.6) is 0 Å². The number of carbonyl (C=O) groups is 1. The van der Waals surface area contributed by atoms with Gasteiger partial charge in [-0.1, -0.05) is 12.1 Å². The molecule has 0 spiro atoms. The zero-order valence-corrected chi connectivity index (χ0v) is 17.4. The van der Waals surface area contributed by atoms with E-state index in [1.54, 1.807) is 36.7 Å². The molecule has 1 aromatic carbocycles. The van der Waals surface area contributed by atoms with Gasteiger partial charge in [-0.3, -0.25) is 9.69 Å². The first-order chi connectivity index (χ1) is 14.5. The minimum absolute atomic E-state index is 0.0348. The zero-order valence-electron chi connectivity index (χ0n) is 17.4. The summed E-state index contributed by atoms with van der Waals surface area (Å²) in [6.45, 7) is 9.28. The van der Waals surface area contributed by atoms with E-state index in [0.717, 1.165) is 13.1 Å². The van der Waals surface area contributed by atoms with Gasteiger partial charge in [0.15, 0.2) is 0 Å². The third-order valence-corrected chi connectivity index (χ3v) is 5.55. The molecule has 0 N–H and O–H groups in total. The van der Waals surface area contributed by atoms with Gasteiger partial charge in [-0.2, -0.15) is 5.10 Å². The molecule has 1 fully saturated rings. The van der Waals surface area contributed by atoms with E-state index in [1.165, 1.54) is 10.7 Å². The van der Waals surface area contributed by atoms with Crippen LogP contribution in [0.4, 0.5) is 4.39 Å². The molecule has 0 aliphatic carbocycles. The Labute approximate surface area is 175 Å². The van der Waals surface area contributed by atoms with Crippen molar-refractivity contribution in [3.63, 3.8) is 0 Å². The summed E-state index contributed by atoms with van der Waals surface area (Å²) >= 11 is 0. The fraction of sp³-hybridized carbons (Fsp3) is 0.364. The van der Waals surface area contributed by atoms with Crippen molar-refractivity contribution in [3.8, 4) is 17.2 Å². The number of nitrogens with zero attached hydrogens (tertiary/aromatic N) is 6. The van der Waals surface area contributed by atoms with Gasteiger partial charge < -0.3 is 4.90 Å². The summed E-state index contributed by atoms with van der Waals surface area (Å²) in [4.78, 5) is 26.0. The van der Waals surface area contributed by atoms with Gasteiger partial charge in [0.1, 0.15) is 5.82 Å². The lowest BCUT2D eigenvalue weighted by molar-refractivity contribution is 0.0595. The van der Waals surface area contributed by atoms with E-state index < -0.39 is 0 Å². The number of aromatic nitrogens is 4. The van der Waals surface area contributed by atoms with Crippen LogP contribution in [0.2, 0.25) is 0 Å². The molecule has 0 bridgehead atoms. The minimum Gasteiger partial charge on any atom is -0.336 e. The third kappa shape index (κ3) is 3.82. The molecule has 7 nitrogen and oxygen atoms in total. The van der Waals surface area contributed by atoms with Crippen molar-refractivity contribution in [2.75, 3.05) is 26.2 Å². The number of rotatable bonds is 4. The highest BCUT2D eigenvalue weighted by molar-refractivity contribution is 5.95. The van der Waals surface area contributed by atoms with Crippen LogP contribution < -0.4 is 0 Å². The van der Waals surface area contributed by atoms with Crippen LogP contribution in [0.15, 0.2) is 42.7 Å². The molecule has 1 aliphatic rings. The van der Waals surface area contributed by atoms with Gasteiger partial charge in [0.25, 0.3) is 11.9 Å². The molecule has 1 aliphatic heterocycles. The molecule has 8 heteroatoms. The summed E-state index contributed by atoms with van der Waals surface area (Å²) in [5, 5.41) is 4.34. The molecule has 156 valence electrons. The van der Waals surface area contributed by atoms with Gasteiger partial charge in [-0.15, -0.1) is 0 Å². The Morgan fingerprint density at radius 1 is 1.10 bits per heavy atom. The fourth-order valence-corrected chi connectivity index (χ4v) is 3.70. The van der Waals surface area contributed by atoms with Crippen molar-refractivity contribution in [1.29, 1.82) is 0 Å². The molecule has 1 amide bonds. The highest BCUT2D eigenvalue weighted by Crippen LogP contribution is 2.22. The zero-order chi connectivity index (χ0) is 21.3. The van der Waals surface area contributed by atoms with Gasteiger partial charge in [-0.05, 0) is 39.0 Å². The average Bonchev–Trinajstić information content (AvgIpc) is 3.15. The van der Waals surface area contributed by atoms with E-state index in [4.69, 9.17) is 0 Å². The van der Waals surface area contributed by atoms with Crippen molar-refractivity contribution >= 4 is 5.91 Å². The average molecular weight is 408 g/mol. The predicted octanol–water partition coefficient (Wildman–Crippen LogP) is 2.94. The van der Waals surface area contributed by atoms with Crippen molar-refractivity contribution in [3.05, 3.63) is 59.8 Å². The van der Waals surface area contributed by atoms with Gasteiger partial charge in [0, 0.05) is 44.0 Å². The first-order valence-corrected chi connectivity index (χ1v) is 10.1. The van der Waals surface area contributed by atoms with Crippen molar-refractivity contribution < 1.29 is 9.18 Å². The molecular weight excluding hydrogens is 383 g/mol. The molecule has 0 atom stereocenters. The highest BCUT2D eigenvalue weighted by atomic mass is 19.1. The maximum Gasteiger partial charge on any atom is 0.257 e. The Hall–Kier alpha value is -3.13. The lowest BCUT2D eigenvalue weighted by atomic mass is 10.1. The van der Waals surface area contributed by atoms with Crippen molar-refractivity contribution in [1.82, 2.24) is 29.5 Å². The molecule has 1 saturated heterocycles. The van der Waals surface area contributed by atoms with Crippen LogP contribution in [0.1, 0.15) is 29.9 Å². The molecule has 3 heterocycles. The number of amides is 1. The Balaban J connectivity index is 1.58. The number of hydrogen-bond donors (Lipinski definition) is 0. The molecule has 0 saturated carbocycles.